The fourth-order valence-electron chi connectivity index (χ4n) is 5.82. The summed E-state index contributed by atoms with van der Waals surface area (Å²) in [5.41, 5.74) is 0.526. The van der Waals surface area contributed by atoms with E-state index in [1.54, 1.807) is 0 Å². The summed E-state index contributed by atoms with van der Waals surface area (Å²) in [5, 5.41) is 26.1. The van der Waals surface area contributed by atoms with Gasteiger partial charge in [0, 0.05) is 19.1 Å². The molecule has 0 heterocycles. The van der Waals surface area contributed by atoms with Crippen molar-refractivity contribution in [1.29, 1.82) is 0 Å². The van der Waals surface area contributed by atoms with Gasteiger partial charge in [-0.05, 0) is 55.4 Å². The highest BCUT2D eigenvalue weighted by Crippen LogP contribution is 2.60. The van der Waals surface area contributed by atoms with Crippen LogP contribution in [0.5, 0.6) is 0 Å². The number of carboxylic acid groups (broad SMARTS) is 1. The first-order chi connectivity index (χ1) is 13.0. The second-order valence-electron chi connectivity index (χ2n) is 8.72. The molecule has 4 saturated carbocycles. The highest BCUT2D eigenvalue weighted by Gasteiger charge is 2.59. The highest BCUT2D eigenvalue weighted by atomic mass is 16.4. The second-order valence-corrected chi connectivity index (χ2v) is 8.72. The number of aliphatic hydroxyl groups excluding tert-OH is 1. The minimum Gasteiger partial charge on any atom is -0.481 e. The standard InChI is InChI=1S/C21H28N2O4/c24-17(12-22-11-13-4-2-1-3-5-13)19(25)23-18-15-6-14-7-16(18)10-21(8-14,9-15)20(26)27/h1-5,14-18,22,24H,6-12H2,(H,23,25)(H,26,27)/t14?,15?,16?,17-,18?,21?/m1/s1. The third-order valence-corrected chi connectivity index (χ3v) is 6.85. The minimum absolute atomic E-state index is 0.00491. The molecule has 6 heteroatoms. The van der Waals surface area contributed by atoms with E-state index in [-0.39, 0.29) is 30.3 Å². The van der Waals surface area contributed by atoms with Gasteiger partial charge >= 0.3 is 5.97 Å². The van der Waals surface area contributed by atoms with Crippen LogP contribution in [0.4, 0.5) is 0 Å². The number of amides is 1. The second kappa shape index (κ2) is 7.24. The summed E-state index contributed by atoms with van der Waals surface area (Å²) in [6.07, 6.45) is 3.00. The van der Waals surface area contributed by atoms with Crippen LogP contribution >= 0.6 is 0 Å². The van der Waals surface area contributed by atoms with E-state index in [9.17, 15) is 19.8 Å². The molecule has 1 amide bonds. The number of nitrogens with one attached hydrogen (secondary N) is 2. The highest BCUT2D eigenvalue weighted by molar-refractivity contribution is 5.81. The summed E-state index contributed by atoms with van der Waals surface area (Å²) in [5.74, 6) is -0.0972. The quantitative estimate of drug-likeness (QED) is 0.582. The molecule has 1 aromatic rings. The van der Waals surface area contributed by atoms with Gasteiger partial charge in [-0.15, -0.1) is 0 Å². The molecule has 3 atom stereocenters. The predicted octanol–water partition coefficient (Wildman–Crippen LogP) is 1.53. The van der Waals surface area contributed by atoms with Crippen molar-refractivity contribution in [3.63, 3.8) is 0 Å². The van der Waals surface area contributed by atoms with Gasteiger partial charge in [0.2, 0.25) is 5.91 Å². The van der Waals surface area contributed by atoms with Gasteiger partial charge in [-0.2, -0.15) is 0 Å². The van der Waals surface area contributed by atoms with Gasteiger partial charge in [0.15, 0.2) is 0 Å². The average molecular weight is 372 g/mol. The Morgan fingerprint density at radius 3 is 2.41 bits per heavy atom. The third kappa shape index (κ3) is 3.60. The van der Waals surface area contributed by atoms with Gasteiger partial charge in [-0.1, -0.05) is 30.3 Å². The largest absolute Gasteiger partial charge is 0.481 e. The lowest BCUT2D eigenvalue weighted by molar-refractivity contribution is -0.168. The molecule has 1 aromatic carbocycles. The Morgan fingerprint density at radius 2 is 1.78 bits per heavy atom. The first-order valence-electron chi connectivity index (χ1n) is 9.93. The van der Waals surface area contributed by atoms with Crippen molar-refractivity contribution in [3.05, 3.63) is 35.9 Å². The maximum absolute atomic E-state index is 12.5. The number of carboxylic acids is 1. The lowest BCUT2D eigenvalue weighted by atomic mass is 9.48. The Labute approximate surface area is 159 Å². The molecule has 0 radical (unpaired) electrons. The van der Waals surface area contributed by atoms with Crippen molar-refractivity contribution in [3.8, 4) is 0 Å². The molecular weight excluding hydrogens is 344 g/mol. The number of carbonyl (C=O) groups is 2. The number of hydrogen-bond donors (Lipinski definition) is 4. The Hall–Kier alpha value is -1.92. The normalized spacial score (nSPS) is 35.0. The van der Waals surface area contributed by atoms with Crippen LogP contribution in [-0.4, -0.2) is 40.8 Å². The number of aliphatic carboxylic acids is 1. The maximum atomic E-state index is 12.5. The zero-order chi connectivity index (χ0) is 19.0. The van der Waals surface area contributed by atoms with E-state index in [2.05, 4.69) is 10.6 Å². The summed E-state index contributed by atoms with van der Waals surface area (Å²) < 4.78 is 0. The van der Waals surface area contributed by atoms with E-state index in [4.69, 9.17) is 0 Å². The Bertz CT molecular complexity index is 691. The fourth-order valence-corrected chi connectivity index (χ4v) is 5.82. The smallest absolute Gasteiger partial charge is 0.309 e. The number of aliphatic hydroxyl groups is 1. The van der Waals surface area contributed by atoms with Crippen LogP contribution in [-0.2, 0) is 16.1 Å². The van der Waals surface area contributed by atoms with Gasteiger partial charge in [0.1, 0.15) is 6.10 Å². The molecule has 27 heavy (non-hydrogen) atoms. The first kappa shape index (κ1) is 18.4. The molecule has 0 aliphatic heterocycles. The van der Waals surface area contributed by atoms with Crippen LogP contribution in [0.25, 0.3) is 0 Å². The molecule has 4 N–H and O–H groups in total. The van der Waals surface area contributed by atoms with E-state index < -0.39 is 17.5 Å². The number of benzene rings is 1. The number of carbonyl (C=O) groups excluding carboxylic acids is 1. The molecule has 4 fully saturated rings. The molecule has 4 aliphatic rings. The maximum Gasteiger partial charge on any atom is 0.309 e. The molecule has 0 aromatic heterocycles. The van der Waals surface area contributed by atoms with Crippen LogP contribution in [0, 0.1) is 23.2 Å². The van der Waals surface area contributed by atoms with Gasteiger partial charge in [0.25, 0.3) is 0 Å². The van der Waals surface area contributed by atoms with Crippen molar-refractivity contribution in [2.75, 3.05) is 6.54 Å². The van der Waals surface area contributed by atoms with Crippen molar-refractivity contribution in [2.45, 2.75) is 50.8 Å². The average Bonchev–Trinajstić information content (AvgIpc) is 2.64. The van der Waals surface area contributed by atoms with E-state index in [1.165, 1.54) is 0 Å². The zero-order valence-electron chi connectivity index (χ0n) is 15.4. The Balaban J connectivity index is 1.30. The van der Waals surface area contributed by atoms with Gasteiger partial charge < -0.3 is 20.8 Å². The van der Waals surface area contributed by atoms with Gasteiger partial charge in [-0.25, -0.2) is 0 Å². The van der Waals surface area contributed by atoms with Crippen molar-refractivity contribution in [2.24, 2.45) is 23.2 Å². The predicted molar refractivity (Wildman–Crippen MR) is 99.7 cm³/mol. The molecule has 4 bridgehead atoms. The summed E-state index contributed by atoms with van der Waals surface area (Å²) in [4.78, 5) is 24.3. The molecule has 5 rings (SSSR count). The van der Waals surface area contributed by atoms with Crippen LogP contribution < -0.4 is 10.6 Å². The van der Waals surface area contributed by atoms with Crippen LogP contribution in [0.1, 0.15) is 37.7 Å². The van der Waals surface area contributed by atoms with Crippen LogP contribution in [0.3, 0.4) is 0 Å². The summed E-state index contributed by atoms with van der Waals surface area (Å²) >= 11 is 0. The van der Waals surface area contributed by atoms with Crippen molar-refractivity contribution < 1.29 is 19.8 Å². The summed E-state index contributed by atoms with van der Waals surface area (Å²) in [6.45, 7) is 0.799. The van der Waals surface area contributed by atoms with E-state index in [1.807, 2.05) is 30.3 Å². The molecule has 6 nitrogen and oxygen atoms in total. The number of hydrogen-bond acceptors (Lipinski definition) is 4. The van der Waals surface area contributed by atoms with Gasteiger partial charge in [-0.3, -0.25) is 9.59 Å². The lowest BCUT2D eigenvalue weighted by Gasteiger charge is -2.58. The van der Waals surface area contributed by atoms with Gasteiger partial charge in [0.05, 0.1) is 5.41 Å². The van der Waals surface area contributed by atoms with Crippen molar-refractivity contribution in [1.82, 2.24) is 10.6 Å². The Kier molecular flexibility index (Phi) is 4.95. The SMILES string of the molecule is O=C(NC1C2CC3CC1CC(C(=O)O)(C3)C2)[C@H](O)CNCc1ccccc1. The minimum atomic E-state index is -1.10. The fraction of sp³-hybridized carbons (Fsp3) is 0.619. The van der Waals surface area contributed by atoms with Crippen molar-refractivity contribution >= 4 is 11.9 Å². The molecular formula is C21H28N2O4. The van der Waals surface area contributed by atoms with Crippen LogP contribution in [0.15, 0.2) is 30.3 Å². The molecule has 4 aliphatic carbocycles. The topological polar surface area (TPSA) is 98.7 Å². The third-order valence-electron chi connectivity index (χ3n) is 6.85. The summed E-state index contributed by atoms with van der Waals surface area (Å²) in [6, 6.07) is 9.85. The Morgan fingerprint density at radius 1 is 1.11 bits per heavy atom. The van der Waals surface area contributed by atoms with E-state index in [0.717, 1.165) is 24.8 Å². The van der Waals surface area contributed by atoms with E-state index >= 15 is 0 Å². The van der Waals surface area contributed by atoms with E-state index in [0.29, 0.717) is 25.3 Å². The summed E-state index contributed by atoms with van der Waals surface area (Å²) in [7, 11) is 0. The number of rotatable bonds is 7. The molecule has 0 spiro atoms. The first-order valence-corrected chi connectivity index (χ1v) is 9.93. The van der Waals surface area contributed by atoms with Crippen LogP contribution in [0.2, 0.25) is 0 Å². The zero-order valence-corrected chi connectivity index (χ0v) is 15.4. The molecule has 0 saturated heterocycles. The molecule has 2 unspecified atom stereocenters. The monoisotopic (exact) mass is 372 g/mol. The lowest BCUT2D eigenvalue weighted by Crippen LogP contribution is -2.62. The molecule has 146 valence electrons.